The van der Waals surface area contributed by atoms with Crippen molar-refractivity contribution in [3.05, 3.63) is 53.1 Å². The number of rotatable bonds is 2. The Kier molecular flexibility index (Phi) is 5.54. The van der Waals surface area contributed by atoms with Crippen molar-refractivity contribution in [1.29, 1.82) is 0 Å². The second-order valence-electron chi connectivity index (χ2n) is 8.88. The van der Waals surface area contributed by atoms with Crippen molar-refractivity contribution in [2.24, 2.45) is 0 Å². The number of fused-ring (bicyclic) bond motifs is 2. The van der Waals surface area contributed by atoms with Gasteiger partial charge < -0.3 is 25.2 Å². The highest BCUT2D eigenvalue weighted by molar-refractivity contribution is 6.11. The van der Waals surface area contributed by atoms with E-state index in [1.807, 2.05) is 24.3 Å². The van der Waals surface area contributed by atoms with Gasteiger partial charge in [0.2, 0.25) is 5.91 Å². The van der Waals surface area contributed by atoms with Crippen LogP contribution in [0, 0.1) is 13.8 Å². The van der Waals surface area contributed by atoms with Gasteiger partial charge in [0.1, 0.15) is 6.04 Å². The van der Waals surface area contributed by atoms with E-state index < -0.39 is 12.1 Å². The Hall–Kier alpha value is -3.39. The summed E-state index contributed by atoms with van der Waals surface area (Å²) >= 11 is 0. The molecule has 8 nitrogen and oxygen atoms in total. The lowest BCUT2D eigenvalue weighted by Gasteiger charge is -2.30. The Morgan fingerprint density at radius 3 is 2.64 bits per heavy atom. The van der Waals surface area contributed by atoms with Crippen LogP contribution in [0.1, 0.15) is 27.9 Å². The second kappa shape index (κ2) is 8.51. The van der Waals surface area contributed by atoms with Gasteiger partial charge in [0.05, 0.1) is 30.5 Å². The summed E-state index contributed by atoms with van der Waals surface area (Å²) in [4.78, 5) is 42.7. The molecular formula is C25H28N4O4. The number of aryl methyl sites for hydroxylation is 1. The molecule has 5 rings (SSSR count). The molecule has 4 amide bonds. The lowest BCUT2D eigenvalue weighted by Crippen LogP contribution is -2.55. The molecule has 0 aromatic heterocycles. The molecule has 2 atom stereocenters. The third-order valence-electron chi connectivity index (χ3n) is 6.96. The minimum absolute atomic E-state index is 0.191. The maximum atomic E-state index is 13.5. The molecule has 2 aromatic rings. The van der Waals surface area contributed by atoms with Gasteiger partial charge in [0.15, 0.2) is 0 Å². The molecule has 0 radical (unpaired) electrons. The van der Waals surface area contributed by atoms with Crippen molar-refractivity contribution in [1.82, 2.24) is 15.1 Å². The smallest absolute Gasteiger partial charge is 0.317 e. The molecule has 2 saturated heterocycles. The van der Waals surface area contributed by atoms with Crippen LogP contribution in [0.2, 0.25) is 0 Å². The third kappa shape index (κ3) is 3.84. The van der Waals surface area contributed by atoms with E-state index in [0.717, 1.165) is 16.7 Å². The van der Waals surface area contributed by atoms with Crippen LogP contribution >= 0.6 is 0 Å². The largest absolute Gasteiger partial charge is 0.378 e. The van der Waals surface area contributed by atoms with Crippen LogP contribution < -0.4 is 10.6 Å². The van der Waals surface area contributed by atoms with Gasteiger partial charge in [-0.2, -0.15) is 0 Å². The molecular weight excluding hydrogens is 420 g/mol. The number of morpholine rings is 1. The van der Waals surface area contributed by atoms with Crippen molar-refractivity contribution >= 4 is 23.5 Å². The van der Waals surface area contributed by atoms with Gasteiger partial charge in [0.25, 0.3) is 5.91 Å². The standard InChI is InChI=1S/C25H28N4O4/c1-15-4-3-5-18(16(15)2)17-6-7-20-19(14-17)24(31)29-9-8-21(22(29)23(30)26-20)27-25(32)28-10-12-33-13-11-28/h3-7,14,21-22H,8-13H2,1-2H3,(H,26,30)(H,27,32)/t21-,22-/m0/s1. The van der Waals surface area contributed by atoms with Crippen LogP contribution in [-0.4, -0.2) is 72.6 Å². The van der Waals surface area contributed by atoms with E-state index in [1.165, 1.54) is 5.56 Å². The van der Waals surface area contributed by atoms with Crippen LogP contribution in [0.4, 0.5) is 10.5 Å². The molecule has 2 fully saturated rings. The van der Waals surface area contributed by atoms with Crippen LogP contribution in [0.5, 0.6) is 0 Å². The van der Waals surface area contributed by atoms with Crippen LogP contribution in [0.15, 0.2) is 36.4 Å². The van der Waals surface area contributed by atoms with Crippen molar-refractivity contribution in [2.75, 3.05) is 38.2 Å². The first kappa shape index (κ1) is 21.5. The molecule has 3 aliphatic heterocycles. The number of ether oxygens (including phenoxy) is 1. The Balaban J connectivity index is 1.41. The summed E-state index contributed by atoms with van der Waals surface area (Å²) in [5.41, 5.74) is 5.33. The number of benzene rings is 2. The van der Waals surface area contributed by atoms with Crippen molar-refractivity contribution in [3.63, 3.8) is 0 Å². The summed E-state index contributed by atoms with van der Waals surface area (Å²) < 4.78 is 5.31. The van der Waals surface area contributed by atoms with E-state index in [2.05, 4.69) is 30.5 Å². The number of urea groups is 1. The molecule has 33 heavy (non-hydrogen) atoms. The predicted octanol–water partition coefficient (Wildman–Crippen LogP) is 2.55. The highest BCUT2D eigenvalue weighted by Crippen LogP contribution is 2.33. The Morgan fingerprint density at radius 1 is 1.06 bits per heavy atom. The number of hydrogen-bond acceptors (Lipinski definition) is 4. The summed E-state index contributed by atoms with van der Waals surface area (Å²) in [6, 6.07) is 10.3. The summed E-state index contributed by atoms with van der Waals surface area (Å²) in [5.74, 6) is -0.463. The van der Waals surface area contributed by atoms with Gasteiger partial charge in [-0.05, 0) is 54.7 Å². The fraction of sp³-hybridized carbons (Fsp3) is 0.400. The first-order chi connectivity index (χ1) is 15.9. The van der Waals surface area contributed by atoms with Gasteiger partial charge >= 0.3 is 6.03 Å². The van der Waals surface area contributed by atoms with Gasteiger partial charge in [-0.25, -0.2) is 4.79 Å². The number of carbonyl (C=O) groups excluding carboxylic acids is 3. The summed E-state index contributed by atoms with van der Waals surface area (Å²) in [7, 11) is 0. The fourth-order valence-corrected chi connectivity index (χ4v) is 4.93. The zero-order valence-electron chi connectivity index (χ0n) is 18.9. The SMILES string of the molecule is Cc1cccc(-c2ccc3c(c2)C(=O)N2CC[C@H](NC(=O)N4CCOCC4)[C@H]2C(=O)N3)c1C. The maximum absolute atomic E-state index is 13.5. The Labute approximate surface area is 192 Å². The monoisotopic (exact) mass is 448 g/mol. The number of anilines is 1. The molecule has 0 saturated carbocycles. The molecule has 3 heterocycles. The minimum Gasteiger partial charge on any atom is -0.378 e. The van der Waals surface area contributed by atoms with Crippen LogP contribution in [0.25, 0.3) is 11.1 Å². The highest BCUT2D eigenvalue weighted by atomic mass is 16.5. The van der Waals surface area contributed by atoms with Crippen LogP contribution in [0.3, 0.4) is 0 Å². The highest BCUT2D eigenvalue weighted by Gasteiger charge is 2.45. The quantitative estimate of drug-likeness (QED) is 0.739. The number of nitrogens with zero attached hydrogens (tertiary/aromatic N) is 2. The zero-order valence-corrected chi connectivity index (χ0v) is 18.9. The summed E-state index contributed by atoms with van der Waals surface area (Å²) in [6.07, 6.45) is 0.534. The average Bonchev–Trinajstić information content (AvgIpc) is 3.20. The summed E-state index contributed by atoms with van der Waals surface area (Å²) in [5, 5.41) is 5.91. The van der Waals surface area contributed by atoms with Crippen molar-refractivity contribution in [3.8, 4) is 11.1 Å². The van der Waals surface area contributed by atoms with E-state index in [0.29, 0.717) is 50.5 Å². The van der Waals surface area contributed by atoms with Gasteiger partial charge in [-0.15, -0.1) is 0 Å². The lowest BCUT2D eigenvalue weighted by atomic mass is 9.95. The topological polar surface area (TPSA) is 91.0 Å². The van der Waals surface area contributed by atoms with E-state index in [1.54, 1.807) is 15.9 Å². The van der Waals surface area contributed by atoms with Crippen molar-refractivity contribution < 1.29 is 19.1 Å². The van der Waals surface area contributed by atoms with Gasteiger partial charge in [-0.1, -0.05) is 24.3 Å². The molecule has 3 aliphatic rings. The van der Waals surface area contributed by atoms with Crippen molar-refractivity contribution in [2.45, 2.75) is 32.4 Å². The average molecular weight is 449 g/mol. The molecule has 0 unspecified atom stereocenters. The normalized spacial score (nSPS) is 22.4. The lowest BCUT2D eigenvalue weighted by molar-refractivity contribution is -0.120. The molecule has 8 heteroatoms. The first-order valence-corrected chi connectivity index (χ1v) is 11.4. The van der Waals surface area contributed by atoms with E-state index in [-0.39, 0.29) is 17.8 Å². The van der Waals surface area contributed by atoms with E-state index >= 15 is 0 Å². The number of carbonyl (C=O) groups is 3. The number of nitrogens with one attached hydrogen (secondary N) is 2. The fourth-order valence-electron chi connectivity index (χ4n) is 4.93. The zero-order chi connectivity index (χ0) is 23.1. The molecule has 0 spiro atoms. The number of hydrogen-bond donors (Lipinski definition) is 2. The summed E-state index contributed by atoms with van der Waals surface area (Å²) in [6.45, 7) is 6.59. The minimum atomic E-state index is -0.737. The van der Waals surface area contributed by atoms with E-state index in [9.17, 15) is 14.4 Å². The molecule has 0 aliphatic carbocycles. The van der Waals surface area contributed by atoms with E-state index in [4.69, 9.17) is 4.74 Å². The second-order valence-corrected chi connectivity index (χ2v) is 8.88. The first-order valence-electron chi connectivity index (χ1n) is 11.4. The molecule has 172 valence electrons. The Bertz CT molecular complexity index is 1130. The predicted molar refractivity (Wildman–Crippen MR) is 124 cm³/mol. The third-order valence-corrected chi connectivity index (χ3v) is 6.96. The molecule has 2 aromatic carbocycles. The molecule has 0 bridgehead atoms. The Morgan fingerprint density at radius 2 is 1.85 bits per heavy atom. The molecule has 2 N–H and O–H groups in total. The maximum Gasteiger partial charge on any atom is 0.317 e. The number of amides is 4. The van der Waals surface area contributed by atoms with Crippen LogP contribution in [-0.2, 0) is 9.53 Å². The van der Waals surface area contributed by atoms with Gasteiger partial charge in [0, 0.05) is 19.6 Å². The van der Waals surface area contributed by atoms with Gasteiger partial charge in [-0.3, -0.25) is 9.59 Å².